The molecule has 0 saturated heterocycles. The van der Waals surface area contributed by atoms with Crippen molar-refractivity contribution in [2.24, 2.45) is 5.92 Å². The van der Waals surface area contributed by atoms with Crippen molar-refractivity contribution < 1.29 is 19.1 Å². The van der Waals surface area contributed by atoms with Crippen LogP contribution in [0.4, 0.5) is 11.4 Å². The van der Waals surface area contributed by atoms with Crippen LogP contribution in [0.2, 0.25) is 0 Å². The number of carbonyl (C=O) groups excluding carboxylic acids is 1. The van der Waals surface area contributed by atoms with Crippen LogP contribution >= 0.6 is 0 Å². The molecule has 0 radical (unpaired) electrons. The number of aliphatic carboxylic acids is 1. The summed E-state index contributed by atoms with van der Waals surface area (Å²) < 4.78 is 6.54. The summed E-state index contributed by atoms with van der Waals surface area (Å²) in [6, 6.07) is 24.2. The predicted molar refractivity (Wildman–Crippen MR) is 163 cm³/mol. The summed E-state index contributed by atoms with van der Waals surface area (Å²) in [5.41, 5.74) is 5.79. The number of furan rings is 1. The van der Waals surface area contributed by atoms with Gasteiger partial charge in [0, 0.05) is 48.0 Å². The van der Waals surface area contributed by atoms with Crippen LogP contribution in [0.15, 0.2) is 77.2 Å². The first-order valence-electron chi connectivity index (χ1n) is 14.5. The number of fused-ring (bicyclic) bond motifs is 1. The molecule has 41 heavy (non-hydrogen) atoms. The average molecular weight is 554 g/mol. The van der Waals surface area contributed by atoms with Gasteiger partial charge in [-0.2, -0.15) is 0 Å². The quantitative estimate of drug-likeness (QED) is 0.177. The number of carboxylic acids is 1. The van der Waals surface area contributed by atoms with Gasteiger partial charge in [-0.25, -0.2) is 0 Å². The van der Waals surface area contributed by atoms with E-state index in [0.29, 0.717) is 11.5 Å². The molecule has 4 aromatic rings. The summed E-state index contributed by atoms with van der Waals surface area (Å²) in [7, 11) is 1.63. The molecule has 1 saturated carbocycles. The van der Waals surface area contributed by atoms with Crippen LogP contribution in [0.25, 0.3) is 11.0 Å². The average Bonchev–Trinajstić information content (AvgIpc) is 3.33. The van der Waals surface area contributed by atoms with Crippen molar-refractivity contribution in [3.63, 3.8) is 0 Å². The molecule has 0 aliphatic heterocycles. The first kappa shape index (κ1) is 28.3. The molecule has 1 aliphatic carbocycles. The van der Waals surface area contributed by atoms with Crippen molar-refractivity contribution in [2.75, 3.05) is 24.2 Å². The van der Waals surface area contributed by atoms with Crippen molar-refractivity contribution in [1.82, 2.24) is 4.90 Å². The lowest BCUT2D eigenvalue weighted by molar-refractivity contribution is -0.137. The van der Waals surface area contributed by atoms with Gasteiger partial charge in [-0.3, -0.25) is 9.59 Å². The zero-order valence-electron chi connectivity index (χ0n) is 23.9. The molecule has 1 heterocycles. The van der Waals surface area contributed by atoms with Crippen molar-refractivity contribution in [1.29, 1.82) is 0 Å². The van der Waals surface area contributed by atoms with Gasteiger partial charge in [0.1, 0.15) is 11.3 Å². The Balaban J connectivity index is 1.36. The minimum absolute atomic E-state index is 0.0169. The Labute approximate surface area is 241 Å². The van der Waals surface area contributed by atoms with E-state index in [2.05, 4.69) is 60.0 Å². The number of hydrogen-bond acceptors (Lipinski definition) is 5. The molecule has 214 valence electrons. The van der Waals surface area contributed by atoms with Crippen molar-refractivity contribution in [3.05, 3.63) is 95.2 Å². The van der Waals surface area contributed by atoms with Gasteiger partial charge in [-0.15, -0.1) is 0 Å². The smallest absolute Gasteiger partial charge is 0.305 e. The summed E-state index contributed by atoms with van der Waals surface area (Å²) in [5.74, 6) is 0.313. The topological polar surface area (TPSA) is 94.8 Å². The largest absolute Gasteiger partial charge is 0.481 e. The molecule has 1 unspecified atom stereocenters. The Hall–Kier alpha value is -4.26. The fourth-order valence-electron chi connectivity index (χ4n) is 5.79. The van der Waals surface area contributed by atoms with E-state index in [1.165, 1.54) is 29.7 Å². The van der Waals surface area contributed by atoms with Gasteiger partial charge < -0.3 is 25.1 Å². The van der Waals surface area contributed by atoms with Gasteiger partial charge in [0.05, 0.1) is 12.5 Å². The number of aryl methyl sites for hydroxylation is 1. The molecule has 3 N–H and O–H groups in total. The summed E-state index contributed by atoms with van der Waals surface area (Å²) in [4.78, 5) is 25.1. The monoisotopic (exact) mass is 553 g/mol. The molecule has 5 rings (SSSR count). The fourth-order valence-corrected chi connectivity index (χ4v) is 5.79. The van der Waals surface area contributed by atoms with Gasteiger partial charge in [-0.1, -0.05) is 49.6 Å². The van der Waals surface area contributed by atoms with Gasteiger partial charge in [-0.05, 0) is 73.7 Å². The molecular formula is C34H39N3O4. The molecule has 3 aromatic carbocycles. The Morgan fingerprint density at radius 3 is 2.39 bits per heavy atom. The first-order valence-corrected chi connectivity index (χ1v) is 14.5. The number of rotatable bonds is 11. The van der Waals surface area contributed by atoms with E-state index in [4.69, 9.17) is 9.52 Å². The SMILES string of the molecule is Cc1c(C(Nc2ccc(C(=O)N(C)CCC(=O)O)cc2)C2CCCCC2)oc2ccc(NCc3ccccc3)cc12. The second-order valence-corrected chi connectivity index (χ2v) is 11.1. The Kier molecular flexibility index (Phi) is 8.92. The summed E-state index contributed by atoms with van der Waals surface area (Å²) >= 11 is 0. The van der Waals surface area contributed by atoms with E-state index in [1.807, 2.05) is 18.2 Å². The number of nitrogens with zero attached hydrogens (tertiary/aromatic N) is 1. The molecular weight excluding hydrogens is 514 g/mol. The molecule has 1 atom stereocenters. The fraction of sp³-hybridized carbons (Fsp3) is 0.353. The van der Waals surface area contributed by atoms with Gasteiger partial charge in [0.2, 0.25) is 0 Å². The number of carboxylic acid groups (broad SMARTS) is 1. The van der Waals surface area contributed by atoms with E-state index in [9.17, 15) is 9.59 Å². The minimum atomic E-state index is -0.918. The number of carbonyl (C=O) groups is 2. The number of amides is 1. The lowest BCUT2D eigenvalue weighted by Gasteiger charge is -2.31. The Bertz CT molecular complexity index is 1470. The summed E-state index contributed by atoms with van der Waals surface area (Å²) in [6.07, 6.45) is 5.90. The van der Waals surface area contributed by atoms with Crippen molar-refractivity contribution >= 4 is 34.2 Å². The Morgan fingerprint density at radius 1 is 0.976 bits per heavy atom. The molecule has 1 amide bonds. The first-order chi connectivity index (χ1) is 19.9. The second kappa shape index (κ2) is 12.9. The highest BCUT2D eigenvalue weighted by molar-refractivity contribution is 5.94. The van der Waals surface area contributed by atoms with Crippen LogP contribution in [0.3, 0.4) is 0 Å². The van der Waals surface area contributed by atoms with Crippen LogP contribution in [0, 0.1) is 12.8 Å². The maximum Gasteiger partial charge on any atom is 0.305 e. The highest BCUT2D eigenvalue weighted by Gasteiger charge is 2.30. The molecule has 7 heteroatoms. The summed E-state index contributed by atoms with van der Waals surface area (Å²) in [6.45, 7) is 3.08. The zero-order chi connectivity index (χ0) is 28.8. The lowest BCUT2D eigenvalue weighted by Crippen LogP contribution is -2.29. The maximum absolute atomic E-state index is 12.8. The molecule has 0 bridgehead atoms. The van der Waals surface area contributed by atoms with Gasteiger partial charge in [0.25, 0.3) is 5.91 Å². The van der Waals surface area contributed by atoms with E-state index >= 15 is 0 Å². The third-order valence-corrected chi connectivity index (χ3v) is 8.18. The lowest BCUT2D eigenvalue weighted by atomic mass is 9.82. The number of hydrogen-bond donors (Lipinski definition) is 3. The van der Waals surface area contributed by atoms with Crippen LogP contribution in [0.1, 0.15) is 71.8 Å². The standard InChI is InChI=1S/C34H39N3O4/c1-23-29-21-28(35-22-24-9-5-3-6-10-24)17-18-30(29)41-33(23)32(25-11-7-4-8-12-25)36-27-15-13-26(14-16-27)34(40)37(2)20-19-31(38)39/h3,5-6,9-10,13-18,21,25,32,35-36H,4,7-8,11-12,19-20,22H2,1-2H3,(H,38,39). The third kappa shape index (κ3) is 6.91. The molecule has 7 nitrogen and oxygen atoms in total. The second-order valence-electron chi connectivity index (χ2n) is 11.1. The highest BCUT2D eigenvalue weighted by atomic mass is 16.4. The van der Waals surface area contributed by atoms with Crippen LogP contribution in [-0.4, -0.2) is 35.5 Å². The van der Waals surface area contributed by atoms with Crippen LogP contribution in [0.5, 0.6) is 0 Å². The van der Waals surface area contributed by atoms with Crippen LogP contribution < -0.4 is 10.6 Å². The van der Waals surface area contributed by atoms with E-state index < -0.39 is 5.97 Å². The van der Waals surface area contributed by atoms with Gasteiger partial charge in [0.15, 0.2) is 0 Å². The molecule has 1 aliphatic rings. The predicted octanol–water partition coefficient (Wildman–Crippen LogP) is 7.63. The van der Waals surface area contributed by atoms with Crippen molar-refractivity contribution in [3.8, 4) is 0 Å². The number of anilines is 2. The summed E-state index contributed by atoms with van der Waals surface area (Å²) in [5, 5.41) is 17.3. The van der Waals surface area contributed by atoms with E-state index in [-0.39, 0.29) is 24.9 Å². The van der Waals surface area contributed by atoms with Crippen LogP contribution in [-0.2, 0) is 11.3 Å². The highest BCUT2D eigenvalue weighted by Crippen LogP contribution is 2.41. The molecule has 0 spiro atoms. The third-order valence-electron chi connectivity index (χ3n) is 8.18. The number of benzene rings is 3. The minimum Gasteiger partial charge on any atom is -0.481 e. The normalized spacial score (nSPS) is 14.5. The maximum atomic E-state index is 12.8. The van der Waals surface area contributed by atoms with E-state index in [1.54, 1.807) is 19.2 Å². The van der Waals surface area contributed by atoms with E-state index in [0.717, 1.165) is 53.1 Å². The molecule has 1 fully saturated rings. The molecule has 1 aromatic heterocycles. The zero-order valence-corrected chi connectivity index (χ0v) is 23.9. The van der Waals surface area contributed by atoms with Gasteiger partial charge >= 0.3 is 5.97 Å². The Morgan fingerprint density at radius 2 is 1.68 bits per heavy atom. The number of nitrogens with one attached hydrogen (secondary N) is 2. The van der Waals surface area contributed by atoms with Crippen molar-refractivity contribution in [2.45, 2.75) is 58.0 Å².